The van der Waals surface area contributed by atoms with E-state index in [1.54, 1.807) is 0 Å². The van der Waals surface area contributed by atoms with Gasteiger partial charge in [0.05, 0.1) is 0 Å². The first kappa shape index (κ1) is 12.8. The third-order valence-corrected chi connectivity index (χ3v) is 2.69. The minimum absolute atomic E-state index is 0.124. The van der Waals surface area contributed by atoms with Gasteiger partial charge >= 0.3 is 0 Å². The molecule has 1 aromatic carbocycles. The molecule has 88 valence electrons. The average Bonchev–Trinajstić information content (AvgIpc) is 2.11. The maximum Gasteiger partial charge on any atom is 0.0398 e. The molecule has 0 saturated carbocycles. The summed E-state index contributed by atoms with van der Waals surface area (Å²) >= 11 is 0. The molecule has 0 heterocycles. The lowest BCUT2D eigenvalue weighted by Gasteiger charge is -2.23. The van der Waals surface area contributed by atoms with E-state index in [0.29, 0.717) is 0 Å². The van der Waals surface area contributed by atoms with Gasteiger partial charge < -0.3 is 5.32 Å². The zero-order valence-corrected chi connectivity index (χ0v) is 11.1. The van der Waals surface area contributed by atoms with Crippen molar-refractivity contribution in [2.75, 3.05) is 0 Å². The van der Waals surface area contributed by atoms with Crippen molar-refractivity contribution in [1.29, 1.82) is 0 Å². The van der Waals surface area contributed by atoms with Gasteiger partial charge in [-0.05, 0) is 19.4 Å². The molecule has 1 heteroatoms. The maximum atomic E-state index is 4.07. The Morgan fingerprint density at radius 3 is 2.06 bits per heavy atom. The highest BCUT2D eigenvalue weighted by molar-refractivity contribution is 5.28. The maximum absolute atomic E-state index is 4.07. The van der Waals surface area contributed by atoms with E-state index in [2.05, 4.69) is 64.7 Å². The van der Waals surface area contributed by atoms with Crippen LogP contribution in [0.2, 0.25) is 0 Å². The van der Waals surface area contributed by atoms with Crippen LogP contribution in [0.4, 0.5) is 0 Å². The van der Waals surface area contributed by atoms with Crippen LogP contribution in [0.5, 0.6) is 0 Å². The Morgan fingerprint density at radius 1 is 1.12 bits per heavy atom. The summed E-state index contributed by atoms with van der Waals surface area (Å²) in [5.74, 6) is 0. The van der Waals surface area contributed by atoms with E-state index in [4.69, 9.17) is 0 Å². The molecule has 0 aliphatic rings. The first-order valence-corrected chi connectivity index (χ1v) is 5.79. The van der Waals surface area contributed by atoms with Crippen LogP contribution in [0.15, 0.2) is 30.5 Å². The Labute approximate surface area is 99.6 Å². The van der Waals surface area contributed by atoms with Gasteiger partial charge in [0.25, 0.3) is 0 Å². The number of aryl methyl sites for hydroxylation is 2. The zero-order chi connectivity index (χ0) is 12.3. The van der Waals surface area contributed by atoms with E-state index in [1.807, 2.05) is 0 Å². The first-order valence-electron chi connectivity index (χ1n) is 5.79. The second-order valence-electron chi connectivity index (χ2n) is 5.58. The van der Waals surface area contributed by atoms with Crippen LogP contribution >= 0.6 is 0 Å². The summed E-state index contributed by atoms with van der Waals surface area (Å²) in [6, 6.07) is 6.63. The molecule has 0 spiro atoms. The number of nitrogens with one attached hydrogen (secondary N) is 1. The van der Waals surface area contributed by atoms with E-state index in [1.165, 1.54) is 16.7 Å². The van der Waals surface area contributed by atoms with Gasteiger partial charge in [-0.25, -0.2) is 0 Å². The van der Waals surface area contributed by atoms with Crippen molar-refractivity contribution in [3.05, 3.63) is 47.2 Å². The number of rotatable bonds is 3. The van der Waals surface area contributed by atoms with Crippen LogP contribution in [0.3, 0.4) is 0 Å². The van der Waals surface area contributed by atoms with Gasteiger partial charge in [-0.1, -0.05) is 56.7 Å². The molecule has 1 N–H and O–H groups in total. The first-order chi connectivity index (χ1) is 7.29. The van der Waals surface area contributed by atoms with E-state index in [-0.39, 0.29) is 5.41 Å². The summed E-state index contributed by atoms with van der Waals surface area (Å²) in [7, 11) is 0. The number of benzene rings is 1. The average molecular weight is 217 g/mol. The van der Waals surface area contributed by atoms with E-state index in [0.717, 1.165) is 12.2 Å². The highest BCUT2D eigenvalue weighted by Gasteiger charge is 2.14. The van der Waals surface area contributed by atoms with Gasteiger partial charge in [-0.15, -0.1) is 0 Å². The molecule has 0 unspecified atom stereocenters. The molecule has 0 aromatic heterocycles. The van der Waals surface area contributed by atoms with Crippen molar-refractivity contribution in [3.8, 4) is 0 Å². The van der Waals surface area contributed by atoms with Crippen LogP contribution in [0.1, 0.15) is 37.5 Å². The van der Waals surface area contributed by atoms with Crippen molar-refractivity contribution in [2.45, 2.75) is 41.2 Å². The van der Waals surface area contributed by atoms with Crippen LogP contribution in [0, 0.1) is 19.3 Å². The fourth-order valence-corrected chi connectivity index (χ4v) is 1.64. The van der Waals surface area contributed by atoms with Crippen LogP contribution in [-0.2, 0) is 6.54 Å². The van der Waals surface area contributed by atoms with Gasteiger partial charge in [0, 0.05) is 17.7 Å². The molecule has 0 atom stereocenters. The predicted octanol–water partition coefficient (Wildman–Crippen LogP) is 3.95. The van der Waals surface area contributed by atoms with Gasteiger partial charge in [-0.2, -0.15) is 0 Å². The molecule has 0 aliphatic carbocycles. The highest BCUT2D eigenvalue weighted by Crippen LogP contribution is 2.21. The van der Waals surface area contributed by atoms with Crippen molar-refractivity contribution >= 4 is 0 Å². The normalized spacial score (nSPS) is 11.3. The summed E-state index contributed by atoms with van der Waals surface area (Å²) in [4.78, 5) is 0. The molecular formula is C15H23N. The molecule has 16 heavy (non-hydrogen) atoms. The minimum atomic E-state index is 0.124. The molecule has 0 amide bonds. The summed E-state index contributed by atoms with van der Waals surface area (Å²) < 4.78 is 0. The monoisotopic (exact) mass is 217 g/mol. The molecule has 1 rings (SSSR count). The van der Waals surface area contributed by atoms with Gasteiger partial charge in [0.1, 0.15) is 0 Å². The zero-order valence-electron chi connectivity index (χ0n) is 11.1. The summed E-state index contributed by atoms with van der Waals surface area (Å²) in [6.45, 7) is 15.7. The Kier molecular flexibility index (Phi) is 3.79. The smallest absolute Gasteiger partial charge is 0.0398 e. The van der Waals surface area contributed by atoms with Crippen LogP contribution in [0.25, 0.3) is 0 Å². The number of hydrogen-bond donors (Lipinski definition) is 1. The lowest BCUT2D eigenvalue weighted by Crippen LogP contribution is -2.23. The molecule has 0 saturated heterocycles. The quantitative estimate of drug-likeness (QED) is 0.808. The minimum Gasteiger partial charge on any atom is -0.384 e. The van der Waals surface area contributed by atoms with Crippen molar-refractivity contribution in [2.24, 2.45) is 5.41 Å². The molecule has 0 bridgehead atoms. The van der Waals surface area contributed by atoms with E-state index in [9.17, 15) is 0 Å². The molecule has 0 aliphatic heterocycles. The van der Waals surface area contributed by atoms with Gasteiger partial charge in [0.2, 0.25) is 0 Å². The molecule has 1 aromatic rings. The summed E-state index contributed by atoms with van der Waals surface area (Å²) in [5.41, 5.74) is 5.17. The summed E-state index contributed by atoms with van der Waals surface area (Å²) in [5, 5.41) is 3.40. The van der Waals surface area contributed by atoms with Crippen LogP contribution < -0.4 is 5.32 Å². The molecule has 1 nitrogen and oxygen atoms in total. The second kappa shape index (κ2) is 4.73. The number of allylic oxidation sites excluding steroid dienone is 1. The summed E-state index contributed by atoms with van der Waals surface area (Å²) in [6.07, 6.45) is 0. The third kappa shape index (κ3) is 3.73. The molecular weight excluding hydrogens is 194 g/mol. The van der Waals surface area contributed by atoms with Gasteiger partial charge in [-0.3, -0.25) is 0 Å². The van der Waals surface area contributed by atoms with Crippen molar-refractivity contribution in [1.82, 2.24) is 5.32 Å². The molecule has 0 radical (unpaired) electrons. The molecule has 0 fully saturated rings. The topological polar surface area (TPSA) is 12.0 Å². The van der Waals surface area contributed by atoms with Crippen molar-refractivity contribution in [3.63, 3.8) is 0 Å². The Hall–Kier alpha value is -1.24. The van der Waals surface area contributed by atoms with Crippen LogP contribution in [-0.4, -0.2) is 0 Å². The largest absolute Gasteiger partial charge is 0.384 e. The van der Waals surface area contributed by atoms with E-state index < -0.39 is 0 Å². The fourth-order valence-electron chi connectivity index (χ4n) is 1.64. The Bertz CT molecular complexity index is 363. The lowest BCUT2D eigenvalue weighted by molar-refractivity contribution is 0.461. The SMILES string of the molecule is C=C(NCc1cc(C)cc(C)c1)C(C)(C)C. The fraction of sp³-hybridized carbons (Fsp3) is 0.467. The highest BCUT2D eigenvalue weighted by atomic mass is 14.9. The lowest BCUT2D eigenvalue weighted by atomic mass is 9.93. The Balaban J connectivity index is 2.65. The van der Waals surface area contributed by atoms with Gasteiger partial charge in [0.15, 0.2) is 0 Å². The number of hydrogen-bond acceptors (Lipinski definition) is 1. The Morgan fingerprint density at radius 2 is 1.62 bits per heavy atom. The third-order valence-electron chi connectivity index (χ3n) is 2.69. The van der Waals surface area contributed by atoms with Crippen molar-refractivity contribution < 1.29 is 0 Å². The standard InChI is InChI=1S/C15H23N/c1-11-7-12(2)9-14(8-11)10-16-13(3)15(4,5)6/h7-9,16H,3,10H2,1-2,4-6H3. The second-order valence-corrected chi connectivity index (χ2v) is 5.58. The van der Waals surface area contributed by atoms with E-state index >= 15 is 0 Å². The predicted molar refractivity (Wildman–Crippen MR) is 71.4 cm³/mol.